The molecule has 1 aliphatic rings. The number of anilines is 1. The minimum absolute atomic E-state index is 0.0127. The topological polar surface area (TPSA) is 89.0 Å². The highest BCUT2D eigenvalue weighted by Gasteiger charge is 2.24. The molecular weight excluding hydrogens is 421 g/mol. The maximum absolute atomic E-state index is 13.1. The van der Waals surface area contributed by atoms with E-state index in [2.05, 4.69) is 15.3 Å². The number of carbonyl (C=O) groups is 1. The Kier molecular flexibility index (Phi) is 4.86. The number of fused-ring (bicyclic) bond motifs is 1. The van der Waals surface area contributed by atoms with Gasteiger partial charge < -0.3 is 5.32 Å². The van der Waals surface area contributed by atoms with Crippen molar-refractivity contribution in [2.45, 2.75) is 28.5 Å². The van der Waals surface area contributed by atoms with Gasteiger partial charge in [0.25, 0.3) is 0 Å². The number of hydrogen-bond donors (Lipinski definition) is 1. The van der Waals surface area contributed by atoms with Gasteiger partial charge in [0.15, 0.2) is 5.13 Å². The number of sulfone groups is 1. The second-order valence-corrected chi connectivity index (χ2v) is 10.2. The van der Waals surface area contributed by atoms with Crippen molar-refractivity contribution in [1.29, 1.82) is 0 Å². The van der Waals surface area contributed by atoms with Crippen molar-refractivity contribution >= 4 is 55.7 Å². The zero-order valence-corrected chi connectivity index (χ0v) is 17.0. The van der Waals surface area contributed by atoms with E-state index in [9.17, 15) is 17.6 Å². The Morgan fingerprint density at radius 3 is 2.71 bits per heavy atom. The van der Waals surface area contributed by atoms with Crippen LogP contribution in [0.5, 0.6) is 0 Å². The van der Waals surface area contributed by atoms with Crippen molar-refractivity contribution < 1.29 is 17.6 Å². The van der Waals surface area contributed by atoms with E-state index in [0.29, 0.717) is 17.2 Å². The molecule has 0 fully saturated rings. The predicted molar refractivity (Wildman–Crippen MR) is 106 cm³/mol. The maximum Gasteiger partial charge on any atom is 0.233 e. The maximum atomic E-state index is 13.1. The van der Waals surface area contributed by atoms with Gasteiger partial charge in [0.05, 0.1) is 20.5 Å². The van der Waals surface area contributed by atoms with Gasteiger partial charge in [-0.25, -0.2) is 22.8 Å². The smallest absolute Gasteiger partial charge is 0.233 e. The van der Waals surface area contributed by atoms with E-state index >= 15 is 0 Å². The number of aromatic nitrogens is 2. The summed E-state index contributed by atoms with van der Waals surface area (Å²) in [5, 5.41) is 5.74. The first kappa shape index (κ1) is 18.9. The molecule has 0 aliphatic heterocycles. The molecule has 2 aromatic heterocycles. The lowest BCUT2D eigenvalue weighted by Crippen LogP contribution is -2.25. The summed E-state index contributed by atoms with van der Waals surface area (Å²) in [6.45, 7) is 1.43. The molecule has 3 aromatic rings. The standard InChI is InChI=1S/C18H14FN3O3S3/c1-10(23)20-17-21-14-7-2-11(8-16(14)27-17)15-9-26-18(22-15)28(24,25)13-5-3-12(19)4-6-13/h3-9,11H,2H2,1H3,(H,20,21,23). The highest BCUT2D eigenvalue weighted by atomic mass is 32.2. The molecule has 28 heavy (non-hydrogen) atoms. The van der Waals surface area contributed by atoms with Crippen molar-refractivity contribution in [1.82, 2.24) is 9.97 Å². The van der Waals surface area contributed by atoms with Crippen LogP contribution >= 0.6 is 22.7 Å². The first-order valence-corrected chi connectivity index (χ1v) is 11.4. The van der Waals surface area contributed by atoms with Gasteiger partial charge in [-0.2, -0.15) is 0 Å². The van der Waals surface area contributed by atoms with Gasteiger partial charge in [0.2, 0.25) is 20.1 Å². The summed E-state index contributed by atoms with van der Waals surface area (Å²) in [4.78, 5) is 19.9. The summed E-state index contributed by atoms with van der Waals surface area (Å²) in [7, 11) is -3.78. The Morgan fingerprint density at radius 2 is 2.00 bits per heavy atom. The molecule has 4 rings (SSSR count). The van der Waals surface area contributed by atoms with Crippen molar-refractivity contribution in [2.24, 2.45) is 0 Å². The summed E-state index contributed by atoms with van der Waals surface area (Å²) in [5.41, 5.74) is 0.655. The van der Waals surface area contributed by atoms with Gasteiger partial charge >= 0.3 is 0 Å². The van der Waals surface area contributed by atoms with Gasteiger partial charge in [-0.05, 0) is 30.7 Å². The Balaban J connectivity index is 1.64. The number of amides is 1. The third-order valence-corrected chi connectivity index (χ3v) is 8.11. The van der Waals surface area contributed by atoms with Crippen LogP contribution in [0.1, 0.15) is 25.0 Å². The van der Waals surface area contributed by atoms with Crippen LogP contribution < -0.4 is 15.2 Å². The van der Waals surface area contributed by atoms with Gasteiger partial charge in [0.1, 0.15) is 5.82 Å². The Bertz CT molecular complexity index is 1280. The van der Waals surface area contributed by atoms with Crippen LogP contribution in [0.15, 0.2) is 38.9 Å². The molecule has 1 unspecified atom stereocenters. The zero-order valence-electron chi connectivity index (χ0n) is 14.5. The number of halogens is 1. The van der Waals surface area contributed by atoms with E-state index in [1.54, 1.807) is 5.38 Å². The van der Waals surface area contributed by atoms with Crippen LogP contribution in [0.2, 0.25) is 0 Å². The number of carbonyl (C=O) groups excluding carboxylic acids is 1. The van der Waals surface area contributed by atoms with Crippen LogP contribution in [0, 0.1) is 5.82 Å². The fraction of sp³-hybridized carbons (Fsp3) is 0.167. The highest BCUT2D eigenvalue weighted by molar-refractivity contribution is 7.93. The van der Waals surface area contributed by atoms with Crippen molar-refractivity contribution in [3.8, 4) is 0 Å². The lowest BCUT2D eigenvalue weighted by Gasteiger charge is -2.08. The summed E-state index contributed by atoms with van der Waals surface area (Å²) in [6, 6.07) is 4.70. The number of nitrogens with one attached hydrogen (secondary N) is 1. The van der Waals surface area contributed by atoms with E-state index in [-0.39, 0.29) is 21.1 Å². The number of rotatable bonds is 4. The molecule has 0 radical (unpaired) electrons. The lowest BCUT2D eigenvalue weighted by atomic mass is 9.99. The molecule has 10 heteroatoms. The summed E-state index contributed by atoms with van der Waals surface area (Å²) in [6.07, 6.45) is 4.58. The third kappa shape index (κ3) is 3.62. The molecule has 1 amide bonds. The van der Waals surface area contributed by atoms with E-state index in [0.717, 1.165) is 33.4 Å². The average molecular weight is 436 g/mol. The summed E-state index contributed by atoms with van der Waals surface area (Å²) in [5.74, 6) is -0.755. The lowest BCUT2D eigenvalue weighted by molar-refractivity contribution is -0.114. The number of benzene rings is 1. The molecule has 1 N–H and O–H groups in total. The predicted octanol–water partition coefficient (Wildman–Crippen LogP) is 2.28. The van der Waals surface area contributed by atoms with Crippen LogP contribution in [-0.4, -0.2) is 24.3 Å². The summed E-state index contributed by atoms with van der Waals surface area (Å²) >= 11 is 2.41. The Morgan fingerprint density at radius 1 is 1.25 bits per heavy atom. The number of nitrogens with zero attached hydrogens (tertiary/aromatic N) is 2. The molecule has 0 saturated heterocycles. The minimum Gasteiger partial charge on any atom is -0.302 e. The molecule has 2 heterocycles. The monoisotopic (exact) mass is 435 g/mol. The first-order valence-electron chi connectivity index (χ1n) is 8.25. The highest BCUT2D eigenvalue weighted by Crippen LogP contribution is 2.30. The van der Waals surface area contributed by atoms with Gasteiger partial charge in [0, 0.05) is 18.2 Å². The van der Waals surface area contributed by atoms with Crippen molar-refractivity contribution in [3.05, 3.63) is 51.0 Å². The van der Waals surface area contributed by atoms with Crippen molar-refractivity contribution in [3.63, 3.8) is 0 Å². The number of hydrogen-bond acceptors (Lipinski definition) is 7. The SMILES string of the molecule is CC(=O)Nc1nc2c(s1)=CC(c1csc(S(=O)(=O)c3ccc(F)cc3)n1)CC=2. The molecular formula is C18H14FN3O3S3. The molecule has 144 valence electrons. The Labute approximate surface area is 168 Å². The molecule has 0 bridgehead atoms. The van der Waals surface area contributed by atoms with Gasteiger partial charge in [-0.3, -0.25) is 4.79 Å². The van der Waals surface area contributed by atoms with E-state index in [1.807, 2.05) is 12.2 Å². The average Bonchev–Trinajstić information content (AvgIpc) is 3.27. The number of thiazole rings is 2. The van der Waals surface area contributed by atoms with Gasteiger partial charge in [-0.15, -0.1) is 11.3 Å². The fourth-order valence-corrected chi connectivity index (χ4v) is 6.27. The Hall–Kier alpha value is -2.43. The minimum atomic E-state index is -3.78. The fourth-order valence-electron chi connectivity index (χ4n) is 2.79. The van der Waals surface area contributed by atoms with Gasteiger partial charge in [-0.1, -0.05) is 23.5 Å². The second-order valence-electron chi connectivity index (χ2n) is 6.16. The first-order chi connectivity index (χ1) is 13.3. The normalized spacial score (nSPS) is 16.0. The van der Waals surface area contributed by atoms with E-state index in [1.165, 1.54) is 30.4 Å². The summed E-state index contributed by atoms with van der Waals surface area (Å²) < 4.78 is 39.4. The van der Waals surface area contributed by atoms with Crippen LogP contribution in [0.25, 0.3) is 12.2 Å². The molecule has 1 aliphatic carbocycles. The molecule has 1 aromatic carbocycles. The van der Waals surface area contributed by atoms with Crippen LogP contribution in [-0.2, 0) is 14.6 Å². The third-order valence-electron chi connectivity index (χ3n) is 4.12. The van der Waals surface area contributed by atoms with E-state index in [4.69, 9.17) is 0 Å². The van der Waals surface area contributed by atoms with Crippen molar-refractivity contribution in [2.75, 3.05) is 5.32 Å². The van der Waals surface area contributed by atoms with E-state index < -0.39 is 15.7 Å². The molecule has 1 atom stereocenters. The molecule has 0 saturated carbocycles. The quantitative estimate of drug-likeness (QED) is 0.635. The molecule has 0 spiro atoms. The zero-order chi connectivity index (χ0) is 19.9. The van der Waals surface area contributed by atoms with Crippen LogP contribution in [0.3, 0.4) is 0 Å². The van der Waals surface area contributed by atoms with Crippen LogP contribution in [0.4, 0.5) is 9.52 Å². The molecule has 6 nitrogen and oxygen atoms in total. The second kappa shape index (κ2) is 7.19. The largest absolute Gasteiger partial charge is 0.302 e.